The van der Waals surface area contributed by atoms with Crippen molar-refractivity contribution in [1.29, 1.82) is 0 Å². The molecule has 5 heteroatoms. The highest BCUT2D eigenvalue weighted by molar-refractivity contribution is 6.07. The maximum absolute atomic E-state index is 13.6. The largest absolute Gasteiger partial charge is 0.321 e. The molecule has 5 nitrogen and oxygen atoms in total. The minimum absolute atomic E-state index is 0.110. The molecule has 4 rings (SSSR count). The monoisotopic (exact) mass is 355 g/mol. The van der Waals surface area contributed by atoms with Gasteiger partial charge in [-0.2, -0.15) is 0 Å². The van der Waals surface area contributed by atoms with Crippen LogP contribution in [0.25, 0.3) is 0 Å². The number of nitrogens with zero attached hydrogens (tertiary/aromatic N) is 3. The van der Waals surface area contributed by atoms with Crippen LogP contribution in [0.4, 0.5) is 0 Å². The Kier molecular flexibility index (Phi) is 4.40. The number of hydrogen-bond acceptors (Lipinski definition) is 4. The second kappa shape index (κ2) is 6.46. The van der Waals surface area contributed by atoms with E-state index in [1.165, 1.54) is 12.8 Å². The number of carbonyl (C=O) groups excluding carboxylic acids is 2. The van der Waals surface area contributed by atoms with E-state index >= 15 is 0 Å². The van der Waals surface area contributed by atoms with Crippen molar-refractivity contribution >= 4 is 11.7 Å². The summed E-state index contributed by atoms with van der Waals surface area (Å²) in [4.78, 5) is 33.0. The third-order valence-electron chi connectivity index (χ3n) is 6.48. The highest BCUT2D eigenvalue weighted by Crippen LogP contribution is 2.38. The lowest BCUT2D eigenvalue weighted by atomic mass is 9.95. The van der Waals surface area contributed by atoms with Crippen LogP contribution in [0.15, 0.2) is 18.2 Å². The number of likely N-dealkylation sites (tertiary alicyclic amines) is 1. The van der Waals surface area contributed by atoms with Gasteiger partial charge in [-0.25, -0.2) is 0 Å². The first-order valence-corrected chi connectivity index (χ1v) is 9.79. The molecule has 0 radical (unpaired) electrons. The van der Waals surface area contributed by atoms with Gasteiger partial charge in [0.25, 0.3) is 0 Å². The highest BCUT2D eigenvalue weighted by Gasteiger charge is 2.48. The van der Waals surface area contributed by atoms with Crippen LogP contribution >= 0.6 is 0 Å². The molecule has 2 atom stereocenters. The number of fused-ring (bicyclic) bond motifs is 1. The van der Waals surface area contributed by atoms with E-state index in [1.54, 1.807) is 0 Å². The van der Waals surface area contributed by atoms with Gasteiger partial charge >= 0.3 is 0 Å². The second-order valence-corrected chi connectivity index (χ2v) is 8.41. The number of carbonyl (C=O) groups is 2. The average Bonchev–Trinajstić information content (AvgIpc) is 3.24. The molecule has 0 aromatic heterocycles. The lowest BCUT2D eigenvalue weighted by molar-refractivity contribution is -0.155. The van der Waals surface area contributed by atoms with Crippen LogP contribution in [-0.4, -0.2) is 71.8 Å². The van der Waals surface area contributed by atoms with E-state index in [9.17, 15) is 9.59 Å². The summed E-state index contributed by atoms with van der Waals surface area (Å²) in [5.74, 6) is -0.0778. The molecule has 2 saturated heterocycles. The van der Waals surface area contributed by atoms with E-state index in [0.717, 1.165) is 49.4 Å². The molecule has 0 bridgehead atoms. The number of amides is 1. The number of rotatable bonds is 2. The van der Waals surface area contributed by atoms with Crippen molar-refractivity contribution in [2.75, 3.05) is 39.8 Å². The highest BCUT2D eigenvalue weighted by atomic mass is 16.2. The van der Waals surface area contributed by atoms with Crippen LogP contribution in [-0.2, 0) is 4.79 Å². The third-order valence-corrected chi connectivity index (χ3v) is 6.48. The van der Waals surface area contributed by atoms with Crippen LogP contribution in [0.5, 0.6) is 0 Å². The number of Topliss-reactive ketones (excluding diaryl/α,β-unsaturated/α-hetero) is 1. The number of aryl methyl sites for hydroxylation is 1. The predicted molar refractivity (Wildman–Crippen MR) is 101 cm³/mol. The fraction of sp³-hybridized carbons (Fsp3) is 0.619. The van der Waals surface area contributed by atoms with Gasteiger partial charge in [0.05, 0.1) is 5.92 Å². The van der Waals surface area contributed by atoms with Crippen molar-refractivity contribution in [3.8, 4) is 0 Å². The van der Waals surface area contributed by atoms with Gasteiger partial charge in [0.1, 0.15) is 5.66 Å². The molecule has 1 aliphatic carbocycles. The molecule has 1 aromatic rings. The Bertz CT molecular complexity index is 741. The van der Waals surface area contributed by atoms with E-state index in [4.69, 9.17) is 0 Å². The molecule has 0 saturated carbocycles. The van der Waals surface area contributed by atoms with Crippen molar-refractivity contribution in [1.82, 2.24) is 14.7 Å². The summed E-state index contributed by atoms with van der Waals surface area (Å²) in [5.41, 5.74) is 2.47. The minimum Gasteiger partial charge on any atom is -0.321 e. The standard InChI is InChI=1S/C21H29N3O2/c1-15-6-7-16-17(12-15)19(25)13-18(16)20(26)24-11-10-22(3)14-21(24,2)23-8-4-5-9-23/h6-7,12,18H,4-5,8-11,13-14H2,1-3H3. The Morgan fingerprint density at radius 1 is 1.15 bits per heavy atom. The molecule has 140 valence electrons. The predicted octanol–water partition coefficient (Wildman–Crippen LogP) is 2.25. The lowest BCUT2D eigenvalue weighted by Gasteiger charge is -2.53. The quantitative estimate of drug-likeness (QED) is 0.816. The number of ketones is 1. The number of hydrogen-bond donors (Lipinski definition) is 0. The maximum atomic E-state index is 13.6. The normalized spacial score (nSPS) is 30.0. The molecule has 2 fully saturated rings. The van der Waals surface area contributed by atoms with Gasteiger partial charge in [-0.1, -0.05) is 17.7 Å². The molecule has 1 aromatic carbocycles. The summed E-state index contributed by atoms with van der Waals surface area (Å²) >= 11 is 0. The smallest absolute Gasteiger partial charge is 0.232 e. The van der Waals surface area contributed by atoms with E-state index in [-0.39, 0.29) is 23.3 Å². The Labute approximate surface area is 155 Å². The van der Waals surface area contributed by atoms with Crippen molar-refractivity contribution in [2.45, 2.75) is 44.7 Å². The summed E-state index contributed by atoms with van der Waals surface area (Å²) in [6, 6.07) is 5.94. The minimum atomic E-state index is -0.316. The molecule has 1 amide bonds. The zero-order valence-corrected chi connectivity index (χ0v) is 16.1. The lowest BCUT2D eigenvalue weighted by Crippen LogP contribution is -2.69. The Morgan fingerprint density at radius 3 is 2.62 bits per heavy atom. The van der Waals surface area contributed by atoms with Gasteiger partial charge < -0.3 is 9.80 Å². The molecular weight excluding hydrogens is 326 g/mol. The van der Waals surface area contributed by atoms with Gasteiger partial charge in [0.2, 0.25) is 5.91 Å². The zero-order valence-electron chi connectivity index (χ0n) is 16.1. The summed E-state index contributed by atoms with van der Waals surface area (Å²) in [7, 11) is 2.13. The van der Waals surface area contributed by atoms with E-state index < -0.39 is 0 Å². The summed E-state index contributed by atoms with van der Waals surface area (Å²) in [6.07, 6.45) is 2.72. The molecule has 2 heterocycles. The van der Waals surface area contributed by atoms with Crippen LogP contribution in [0.1, 0.15) is 53.6 Å². The van der Waals surface area contributed by atoms with Crippen LogP contribution in [0.2, 0.25) is 0 Å². The fourth-order valence-corrected chi connectivity index (χ4v) is 5.03. The Morgan fingerprint density at radius 2 is 1.88 bits per heavy atom. The van der Waals surface area contributed by atoms with Gasteiger partial charge in [-0.05, 0) is 45.4 Å². The van der Waals surface area contributed by atoms with Crippen molar-refractivity contribution < 1.29 is 9.59 Å². The first-order valence-electron chi connectivity index (χ1n) is 9.79. The van der Waals surface area contributed by atoms with Gasteiger partial charge in [-0.15, -0.1) is 0 Å². The molecule has 0 spiro atoms. The molecule has 2 aliphatic heterocycles. The Balaban J connectivity index is 1.66. The maximum Gasteiger partial charge on any atom is 0.232 e. The molecular formula is C21H29N3O2. The Hall–Kier alpha value is -1.72. The zero-order chi connectivity index (χ0) is 18.5. The number of benzene rings is 1. The first-order chi connectivity index (χ1) is 12.4. The van der Waals surface area contributed by atoms with Gasteiger partial charge in [0.15, 0.2) is 5.78 Å². The molecule has 3 aliphatic rings. The topological polar surface area (TPSA) is 43.9 Å². The van der Waals surface area contributed by atoms with Crippen molar-refractivity contribution in [3.05, 3.63) is 34.9 Å². The van der Waals surface area contributed by atoms with E-state index in [2.05, 4.69) is 28.7 Å². The fourth-order valence-electron chi connectivity index (χ4n) is 5.03. The summed E-state index contributed by atoms with van der Waals surface area (Å²) < 4.78 is 0. The SMILES string of the molecule is Cc1ccc2c(c1)C(=O)CC2C(=O)N1CCN(C)CC1(C)N1CCCC1. The average molecular weight is 355 g/mol. The van der Waals surface area contributed by atoms with Crippen molar-refractivity contribution in [2.24, 2.45) is 0 Å². The summed E-state index contributed by atoms with van der Waals surface area (Å²) in [6.45, 7) is 8.78. The van der Waals surface area contributed by atoms with Crippen LogP contribution in [0.3, 0.4) is 0 Å². The van der Waals surface area contributed by atoms with E-state index in [1.807, 2.05) is 25.1 Å². The van der Waals surface area contributed by atoms with Gasteiger partial charge in [0, 0.05) is 44.7 Å². The van der Waals surface area contributed by atoms with Gasteiger partial charge in [-0.3, -0.25) is 14.5 Å². The van der Waals surface area contributed by atoms with Crippen LogP contribution < -0.4 is 0 Å². The number of likely N-dealkylation sites (N-methyl/N-ethyl adjacent to an activating group) is 1. The third kappa shape index (κ3) is 2.78. The first kappa shape index (κ1) is 17.7. The second-order valence-electron chi connectivity index (χ2n) is 8.41. The van der Waals surface area contributed by atoms with Crippen molar-refractivity contribution in [3.63, 3.8) is 0 Å². The summed E-state index contributed by atoms with van der Waals surface area (Å²) in [5, 5.41) is 0. The molecule has 2 unspecified atom stereocenters. The molecule has 26 heavy (non-hydrogen) atoms. The van der Waals surface area contributed by atoms with E-state index in [0.29, 0.717) is 6.42 Å². The van der Waals surface area contributed by atoms with Crippen LogP contribution in [0, 0.1) is 6.92 Å². The number of piperazine rings is 1. The molecule has 0 N–H and O–H groups in total.